The van der Waals surface area contributed by atoms with E-state index in [2.05, 4.69) is 0 Å². The Balaban J connectivity index is 2.40. The fourth-order valence-corrected chi connectivity index (χ4v) is 2.19. The minimum atomic E-state index is -1.10. The number of carbonyl (C=O) groups is 3. The molecular formula is C13H14N2O4. The predicted octanol–water partition coefficient (Wildman–Crippen LogP) is 0.531. The van der Waals surface area contributed by atoms with Gasteiger partial charge in [-0.25, -0.2) is 4.79 Å². The van der Waals surface area contributed by atoms with Gasteiger partial charge in [-0.15, -0.1) is 0 Å². The first kappa shape index (κ1) is 13.1. The van der Waals surface area contributed by atoms with Gasteiger partial charge in [0, 0.05) is 13.0 Å². The minimum Gasteiger partial charge on any atom is -0.478 e. The largest absolute Gasteiger partial charge is 0.478 e. The van der Waals surface area contributed by atoms with Crippen molar-refractivity contribution in [1.82, 2.24) is 0 Å². The lowest BCUT2D eigenvalue weighted by atomic mass is 10.1. The van der Waals surface area contributed by atoms with Crippen molar-refractivity contribution in [1.29, 1.82) is 0 Å². The summed E-state index contributed by atoms with van der Waals surface area (Å²) in [4.78, 5) is 35.5. The monoisotopic (exact) mass is 262 g/mol. The molecule has 1 aliphatic rings. The number of aromatic carboxylic acids is 1. The van der Waals surface area contributed by atoms with E-state index in [0.29, 0.717) is 5.69 Å². The van der Waals surface area contributed by atoms with Crippen LogP contribution in [0.4, 0.5) is 5.69 Å². The van der Waals surface area contributed by atoms with E-state index < -0.39 is 17.8 Å². The Kier molecular flexibility index (Phi) is 3.25. The van der Waals surface area contributed by atoms with Gasteiger partial charge in [-0.2, -0.15) is 0 Å². The van der Waals surface area contributed by atoms with E-state index in [1.807, 2.05) is 0 Å². The molecule has 6 nitrogen and oxygen atoms in total. The molecular weight excluding hydrogens is 248 g/mol. The molecule has 1 saturated heterocycles. The summed E-state index contributed by atoms with van der Waals surface area (Å²) in [6.07, 6.45) is 0.0300. The van der Waals surface area contributed by atoms with Crippen LogP contribution in [0.1, 0.15) is 22.3 Å². The maximum absolute atomic E-state index is 11.9. The predicted molar refractivity (Wildman–Crippen MR) is 67.8 cm³/mol. The summed E-state index contributed by atoms with van der Waals surface area (Å²) >= 11 is 0. The minimum absolute atomic E-state index is 0.0300. The molecule has 1 aromatic carbocycles. The number of nitrogens with zero attached hydrogens (tertiary/aromatic N) is 1. The van der Waals surface area contributed by atoms with Crippen LogP contribution in [0, 0.1) is 12.8 Å². The second-order valence-corrected chi connectivity index (χ2v) is 4.63. The van der Waals surface area contributed by atoms with E-state index in [-0.39, 0.29) is 24.4 Å². The number of benzene rings is 1. The summed E-state index contributed by atoms with van der Waals surface area (Å²) in [6.45, 7) is 1.91. The Bertz CT molecular complexity index is 568. The Morgan fingerprint density at radius 3 is 2.63 bits per heavy atom. The molecule has 100 valence electrons. The summed E-state index contributed by atoms with van der Waals surface area (Å²) in [5, 5.41) is 9.18. The average Bonchev–Trinajstić information content (AvgIpc) is 2.71. The van der Waals surface area contributed by atoms with Crippen molar-refractivity contribution < 1.29 is 19.5 Å². The Morgan fingerprint density at radius 2 is 2.11 bits per heavy atom. The second-order valence-electron chi connectivity index (χ2n) is 4.63. The van der Waals surface area contributed by atoms with Gasteiger partial charge in [-0.1, -0.05) is 11.6 Å². The molecule has 2 rings (SSSR count). The van der Waals surface area contributed by atoms with Crippen LogP contribution in [-0.4, -0.2) is 29.4 Å². The highest BCUT2D eigenvalue weighted by Gasteiger charge is 2.35. The topological polar surface area (TPSA) is 101 Å². The van der Waals surface area contributed by atoms with E-state index >= 15 is 0 Å². The molecule has 0 spiro atoms. The van der Waals surface area contributed by atoms with E-state index in [4.69, 9.17) is 5.73 Å². The third kappa shape index (κ3) is 2.42. The maximum atomic E-state index is 11.9. The van der Waals surface area contributed by atoms with Crippen LogP contribution in [0.15, 0.2) is 18.2 Å². The molecule has 0 radical (unpaired) electrons. The quantitative estimate of drug-likeness (QED) is 0.829. The molecule has 1 aromatic rings. The molecule has 1 heterocycles. The van der Waals surface area contributed by atoms with Crippen LogP contribution in [0.5, 0.6) is 0 Å². The van der Waals surface area contributed by atoms with Crippen molar-refractivity contribution in [3.63, 3.8) is 0 Å². The van der Waals surface area contributed by atoms with Crippen molar-refractivity contribution in [2.75, 3.05) is 11.4 Å². The van der Waals surface area contributed by atoms with E-state index in [0.717, 1.165) is 5.56 Å². The van der Waals surface area contributed by atoms with Crippen LogP contribution in [0.25, 0.3) is 0 Å². The number of carboxylic acid groups (broad SMARTS) is 1. The number of primary amides is 1. The van der Waals surface area contributed by atoms with Crippen molar-refractivity contribution in [3.8, 4) is 0 Å². The molecule has 19 heavy (non-hydrogen) atoms. The number of carboxylic acids is 1. The average molecular weight is 262 g/mol. The first-order valence-corrected chi connectivity index (χ1v) is 5.83. The van der Waals surface area contributed by atoms with E-state index in [9.17, 15) is 19.5 Å². The Morgan fingerprint density at radius 1 is 1.42 bits per heavy atom. The number of aryl methyl sites for hydroxylation is 1. The van der Waals surface area contributed by atoms with Crippen molar-refractivity contribution in [2.45, 2.75) is 13.3 Å². The van der Waals surface area contributed by atoms with Gasteiger partial charge in [0.15, 0.2) is 0 Å². The molecule has 0 aromatic heterocycles. The van der Waals surface area contributed by atoms with E-state index in [1.54, 1.807) is 19.1 Å². The first-order chi connectivity index (χ1) is 8.90. The maximum Gasteiger partial charge on any atom is 0.337 e. The van der Waals surface area contributed by atoms with Crippen LogP contribution in [0.3, 0.4) is 0 Å². The molecule has 0 bridgehead atoms. The molecule has 0 saturated carbocycles. The van der Waals surface area contributed by atoms with Gasteiger partial charge in [0.05, 0.1) is 17.2 Å². The third-order valence-corrected chi connectivity index (χ3v) is 3.20. The van der Waals surface area contributed by atoms with Crippen LogP contribution in [-0.2, 0) is 9.59 Å². The molecule has 1 aliphatic heterocycles. The van der Waals surface area contributed by atoms with Gasteiger partial charge in [-0.3, -0.25) is 9.59 Å². The van der Waals surface area contributed by atoms with Crippen LogP contribution < -0.4 is 10.6 Å². The van der Waals surface area contributed by atoms with Gasteiger partial charge in [-0.05, 0) is 19.1 Å². The zero-order valence-electron chi connectivity index (χ0n) is 10.4. The van der Waals surface area contributed by atoms with Crippen molar-refractivity contribution >= 4 is 23.5 Å². The number of anilines is 1. The summed E-state index contributed by atoms with van der Waals surface area (Å²) < 4.78 is 0. The Labute approximate surface area is 109 Å². The lowest BCUT2D eigenvalue weighted by Crippen LogP contribution is -2.29. The number of carbonyl (C=O) groups excluding carboxylic acids is 2. The lowest BCUT2D eigenvalue weighted by molar-refractivity contribution is -0.123. The smallest absolute Gasteiger partial charge is 0.337 e. The fourth-order valence-electron chi connectivity index (χ4n) is 2.19. The first-order valence-electron chi connectivity index (χ1n) is 5.83. The number of hydrogen-bond acceptors (Lipinski definition) is 3. The molecule has 3 N–H and O–H groups in total. The Hall–Kier alpha value is -2.37. The second kappa shape index (κ2) is 4.72. The lowest BCUT2D eigenvalue weighted by Gasteiger charge is -2.19. The molecule has 6 heteroatoms. The van der Waals surface area contributed by atoms with Gasteiger partial charge in [0.1, 0.15) is 0 Å². The van der Waals surface area contributed by atoms with E-state index in [1.165, 1.54) is 11.0 Å². The zero-order chi connectivity index (χ0) is 14.2. The highest BCUT2D eigenvalue weighted by atomic mass is 16.4. The molecule has 1 unspecified atom stereocenters. The number of nitrogens with two attached hydrogens (primary N) is 1. The molecule has 1 atom stereocenters. The third-order valence-electron chi connectivity index (χ3n) is 3.20. The van der Waals surface area contributed by atoms with Gasteiger partial charge in [0.25, 0.3) is 0 Å². The number of hydrogen-bond donors (Lipinski definition) is 2. The number of rotatable bonds is 3. The SMILES string of the molecule is Cc1ccc(N2CC(C(N)=O)CC2=O)c(C(=O)O)c1. The van der Waals surface area contributed by atoms with Gasteiger partial charge < -0.3 is 15.7 Å². The van der Waals surface area contributed by atoms with Crippen LogP contribution in [0.2, 0.25) is 0 Å². The van der Waals surface area contributed by atoms with Crippen molar-refractivity contribution in [3.05, 3.63) is 29.3 Å². The van der Waals surface area contributed by atoms with Crippen LogP contribution >= 0.6 is 0 Å². The number of amides is 2. The zero-order valence-corrected chi connectivity index (χ0v) is 10.4. The highest BCUT2D eigenvalue weighted by molar-refractivity contribution is 6.05. The van der Waals surface area contributed by atoms with Gasteiger partial charge >= 0.3 is 5.97 Å². The standard InChI is InChI=1S/C13H14N2O4/c1-7-2-3-10(9(4-7)13(18)19)15-6-8(12(14)17)5-11(15)16/h2-4,8H,5-6H2,1H3,(H2,14,17)(H,18,19). The summed E-state index contributed by atoms with van der Waals surface area (Å²) in [5.41, 5.74) is 6.35. The summed E-state index contributed by atoms with van der Waals surface area (Å²) in [5.74, 6) is -2.49. The highest BCUT2D eigenvalue weighted by Crippen LogP contribution is 2.28. The van der Waals surface area contributed by atoms with Gasteiger partial charge in [0.2, 0.25) is 11.8 Å². The normalized spacial score (nSPS) is 18.7. The summed E-state index contributed by atoms with van der Waals surface area (Å²) in [7, 11) is 0. The molecule has 0 aliphatic carbocycles. The van der Waals surface area contributed by atoms with Crippen molar-refractivity contribution in [2.24, 2.45) is 11.7 Å². The fraction of sp³-hybridized carbons (Fsp3) is 0.308. The summed E-state index contributed by atoms with van der Waals surface area (Å²) in [6, 6.07) is 4.81. The molecule has 1 fully saturated rings. The molecule has 2 amide bonds.